The maximum atomic E-state index is 13.2. The van der Waals surface area contributed by atoms with Crippen LogP contribution >= 0.6 is 0 Å². The third-order valence-corrected chi connectivity index (χ3v) is 5.52. The number of carbonyl (C=O) groups excluding carboxylic acids is 1. The lowest BCUT2D eigenvalue weighted by Crippen LogP contribution is -2.49. The fraction of sp³-hybridized carbons (Fsp3) is 0.789. The third kappa shape index (κ3) is 5.05. The molecule has 2 fully saturated rings. The van der Waals surface area contributed by atoms with Crippen molar-refractivity contribution in [1.29, 1.82) is 0 Å². The Morgan fingerprint density at radius 2 is 2.19 bits per heavy atom. The number of rotatable bonds is 7. The minimum absolute atomic E-state index is 0.0834. The van der Waals surface area contributed by atoms with Gasteiger partial charge in [0.05, 0.1) is 18.7 Å². The van der Waals surface area contributed by atoms with E-state index in [2.05, 4.69) is 10.00 Å². The Kier molecular flexibility index (Phi) is 7.05. The first-order valence-electron chi connectivity index (χ1n) is 9.74. The van der Waals surface area contributed by atoms with Crippen LogP contribution < -0.4 is 0 Å². The molecule has 0 saturated carbocycles. The van der Waals surface area contributed by atoms with Gasteiger partial charge in [-0.25, -0.2) is 0 Å². The molecule has 2 saturated heterocycles. The van der Waals surface area contributed by atoms with Crippen molar-refractivity contribution < 1.29 is 14.3 Å². The van der Waals surface area contributed by atoms with Crippen LogP contribution in [-0.2, 0) is 27.9 Å². The van der Waals surface area contributed by atoms with E-state index in [0.29, 0.717) is 25.7 Å². The Morgan fingerprint density at radius 1 is 1.38 bits per heavy atom. The predicted molar refractivity (Wildman–Crippen MR) is 98.6 cm³/mol. The summed E-state index contributed by atoms with van der Waals surface area (Å²) in [5.41, 5.74) is 1.06. The predicted octanol–water partition coefficient (Wildman–Crippen LogP) is 1.29. The molecule has 1 amide bonds. The number of aromatic nitrogens is 2. The van der Waals surface area contributed by atoms with E-state index < -0.39 is 0 Å². The van der Waals surface area contributed by atoms with Crippen molar-refractivity contribution in [3.8, 4) is 0 Å². The number of methoxy groups -OCH3 is 1. The Hall–Kier alpha value is -1.44. The zero-order valence-electron chi connectivity index (χ0n) is 16.1. The summed E-state index contributed by atoms with van der Waals surface area (Å²) in [5, 5.41) is 4.22. The quantitative estimate of drug-likeness (QED) is 0.730. The van der Waals surface area contributed by atoms with Crippen LogP contribution in [0.3, 0.4) is 0 Å². The first kappa shape index (κ1) is 19.3. The van der Waals surface area contributed by atoms with Gasteiger partial charge >= 0.3 is 0 Å². The molecule has 26 heavy (non-hydrogen) atoms. The van der Waals surface area contributed by atoms with E-state index in [1.54, 1.807) is 11.8 Å². The average Bonchev–Trinajstić information content (AvgIpc) is 3.10. The largest absolute Gasteiger partial charge is 0.383 e. The van der Waals surface area contributed by atoms with Gasteiger partial charge in [-0.2, -0.15) is 5.10 Å². The van der Waals surface area contributed by atoms with Crippen molar-refractivity contribution >= 4 is 5.91 Å². The van der Waals surface area contributed by atoms with E-state index in [-0.39, 0.29) is 11.8 Å². The van der Waals surface area contributed by atoms with Crippen molar-refractivity contribution in [2.75, 3.05) is 46.6 Å². The van der Waals surface area contributed by atoms with E-state index in [1.807, 2.05) is 24.3 Å². The first-order chi connectivity index (χ1) is 12.7. The van der Waals surface area contributed by atoms with Crippen LogP contribution in [0.1, 0.15) is 31.2 Å². The number of ether oxygens (including phenoxy) is 2. The van der Waals surface area contributed by atoms with Gasteiger partial charge in [0, 0.05) is 64.8 Å². The molecule has 0 bridgehead atoms. The summed E-state index contributed by atoms with van der Waals surface area (Å²) in [6, 6.07) is 0.574. The SMILES string of the molecule is COCCN(Cc1cnn(C)c1)C(=O)[C@@H]1CCCN(C2CCOCC2)C1. The zero-order valence-corrected chi connectivity index (χ0v) is 16.1. The van der Waals surface area contributed by atoms with Crippen LogP contribution in [0.25, 0.3) is 0 Å². The highest BCUT2D eigenvalue weighted by molar-refractivity contribution is 5.79. The summed E-state index contributed by atoms with van der Waals surface area (Å²) in [7, 11) is 3.58. The average molecular weight is 364 g/mol. The Labute approximate surface area is 156 Å². The van der Waals surface area contributed by atoms with Crippen LogP contribution in [0, 0.1) is 5.92 Å². The topological polar surface area (TPSA) is 59.8 Å². The van der Waals surface area contributed by atoms with Crippen LogP contribution in [0.4, 0.5) is 0 Å². The molecule has 0 aliphatic carbocycles. The normalized spacial score (nSPS) is 22.5. The number of piperidine rings is 1. The van der Waals surface area contributed by atoms with Gasteiger partial charge in [-0.3, -0.25) is 14.4 Å². The standard InChI is InChI=1S/C19H32N4O3/c1-21-13-16(12-20-21)14-23(8-11-25-2)19(24)17-4-3-7-22(15-17)18-5-9-26-10-6-18/h12-13,17-18H,3-11,14-15H2,1-2H3/t17-/m1/s1. The summed E-state index contributed by atoms with van der Waals surface area (Å²) in [6.45, 7) is 5.46. The molecule has 0 aromatic carbocycles. The maximum absolute atomic E-state index is 13.2. The molecule has 2 aliphatic heterocycles. The highest BCUT2D eigenvalue weighted by Crippen LogP contribution is 2.25. The first-order valence-corrected chi connectivity index (χ1v) is 9.74. The van der Waals surface area contributed by atoms with Gasteiger partial charge in [-0.1, -0.05) is 0 Å². The molecule has 7 nitrogen and oxygen atoms in total. The molecule has 2 aliphatic rings. The molecule has 1 aromatic heterocycles. The lowest BCUT2D eigenvalue weighted by molar-refractivity contribution is -0.139. The second kappa shape index (κ2) is 9.48. The van der Waals surface area contributed by atoms with Crippen LogP contribution in [0.5, 0.6) is 0 Å². The second-order valence-electron chi connectivity index (χ2n) is 7.45. The summed E-state index contributed by atoms with van der Waals surface area (Å²) in [4.78, 5) is 17.7. The smallest absolute Gasteiger partial charge is 0.227 e. The maximum Gasteiger partial charge on any atom is 0.227 e. The number of amides is 1. The van der Waals surface area contributed by atoms with E-state index in [4.69, 9.17) is 9.47 Å². The van der Waals surface area contributed by atoms with E-state index in [1.165, 1.54) is 0 Å². The van der Waals surface area contributed by atoms with Gasteiger partial charge in [0.1, 0.15) is 0 Å². The molecular formula is C19H32N4O3. The molecular weight excluding hydrogens is 332 g/mol. The minimum Gasteiger partial charge on any atom is -0.383 e. The summed E-state index contributed by atoms with van der Waals surface area (Å²) in [5.74, 6) is 0.336. The van der Waals surface area contributed by atoms with Gasteiger partial charge in [-0.05, 0) is 32.2 Å². The fourth-order valence-corrected chi connectivity index (χ4v) is 4.09. The summed E-state index contributed by atoms with van der Waals surface area (Å²) in [6.07, 6.45) is 8.06. The molecule has 3 heterocycles. The molecule has 0 unspecified atom stereocenters. The number of hydrogen-bond acceptors (Lipinski definition) is 5. The number of nitrogens with zero attached hydrogens (tertiary/aromatic N) is 4. The van der Waals surface area contributed by atoms with Gasteiger partial charge in [-0.15, -0.1) is 0 Å². The number of likely N-dealkylation sites (tertiary alicyclic amines) is 1. The van der Waals surface area contributed by atoms with E-state index >= 15 is 0 Å². The minimum atomic E-state index is 0.0834. The number of carbonyl (C=O) groups is 1. The van der Waals surface area contributed by atoms with Crippen molar-refractivity contribution in [1.82, 2.24) is 19.6 Å². The lowest BCUT2D eigenvalue weighted by atomic mass is 9.93. The highest BCUT2D eigenvalue weighted by Gasteiger charge is 2.32. The Bertz CT molecular complexity index is 571. The Balaban J connectivity index is 1.62. The number of hydrogen-bond donors (Lipinski definition) is 0. The molecule has 0 spiro atoms. The monoisotopic (exact) mass is 364 g/mol. The summed E-state index contributed by atoms with van der Waals surface area (Å²) < 4.78 is 12.5. The molecule has 1 aromatic rings. The van der Waals surface area contributed by atoms with Gasteiger partial charge in [0.15, 0.2) is 0 Å². The molecule has 146 valence electrons. The molecule has 1 atom stereocenters. The van der Waals surface area contributed by atoms with E-state index in [9.17, 15) is 4.79 Å². The van der Waals surface area contributed by atoms with Gasteiger partial charge < -0.3 is 14.4 Å². The van der Waals surface area contributed by atoms with Crippen molar-refractivity contribution in [3.63, 3.8) is 0 Å². The molecule has 7 heteroatoms. The third-order valence-electron chi connectivity index (χ3n) is 5.52. The number of aryl methyl sites for hydroxylation is 1. The Morgan fingerprint density at radius 3 is 2.88 bits per heavy atom. The highest BCUT2D eigenvalue weighted by atomic mass is 16.5. The van der Waals surface area contributed by atoms with Gasteiger partial charge in [0.2, 0.25) is 5.91 Å². The molecule has 0 N–H and O–H groups in total. The fourth-order valence-electron chi connectivity index (χ4n) is 4.09. The van der Waals surface area contributed by atoms with Crippen LogP contribution in [0.2, 0.25) is 0 Å². The zero-order chi connectivity index (χ0) is 18.4. The molecule has 3 rings (SSSR count). The van der Waals surface area contributed by atoms with Crippen molar-refractivity contribution in [2.24, 2.45) is 13.0 Å². The lowest BCUT2D eigenvalue weighted by Gasteiger charge is -2.40. The molecule has 0 radical (unpaired) electrons. The van der Waals surface area contributed by atoms with Gasteiger partial charge in [0.25, 0.3) is 0 Å². The van der Waals surface area contributed by atoms with E-state index in [0.717, 1.165) is 57.6 Å². The summed E-state index contributed by atoms with van der Waals surface area (Å²) >= 11 is 0. The van der Waals surface area contributed by atoms with Crippen LogP contribution in [-0.4, -0.2) is 78.1 Å². The van der Waals surface area contributed by atoms with Crippen molar-refractivity contribution in [3.05, 3.63) is 18.0 Å². The van der Waals surface area contributed by atoms with Crippen LogP contribution in [0.15, 0.2) is 12.4 Å². The van der Waals surface area contributed by atoms with Crippen molar-refractivity contribution in [2.45, 2.75) is 38.3 Å². The second-order valence-corrected chi connectivity index (χ2v) is 7.45.